The van der Waals surface area contributed by atoms with Crippen molar-refractivity contribution in [3.8, 4) is 0 Å². The van der Waals surface area contributed by atoms with Gasteiger partial charge in [0.1, 0.15) is 11.6 Å². The minimum absolute atomic E-state index is 0.0163. The van der Waals surface area contributed by atoms with Gasteiger partial charge in [0.2, 0.25) is 0 Å². The molecule has 0 saturated carbocycles. The van der Waals surface area contributed by atoms with Crippen molar-refractivity contribution in [2.75, 3.05) is 5.73 Å². The van der Waals surface area contributed by atoms with Crippen LogP contribution in [-0.2, 0) is 0 Å². The quantitative estimate of drug-likeness (QED) is 0.112. The van der Waals surface area contributed by atoms with Gasteiger partial charge >= 0.3 is 6.18 Å². The van der Waals surface area contributed by atoms with E-state index in [9.17, 15) is 22.7 Å². The number of rotatable bonds is 10. The van der Waals surface area contributed by atoms with Crippen molar-refractivity contribution in [2.45, 2.75) is 52.6 Å². The smallest absolute Gasteiger partial charge is 0.393 e. The number of aliphatic hydroxyl groups excluding tert-OH is 1. The summed E-state index contributed by atoms with van der Waals surface area (Å²) in [5.74, 6) is -0.520. The number of aliphatic hydroxyl groups is 1. The lowest BCUT2D eigenvalue weighted by atomic mass is 9.86. The molecule has 0 spiro atoms. The Labute approximate surface area is 210 Å². The van der Waals surface area contributed by atoms with E-state index >= 15 is 0 Å². The van der Waals surface area contributed by atoms with Gasteiger partial charge in [-0.25, -0.2) is 4.39 Å². The Morgan fingerprint density at radius 1 is 0.972 bits per heavy atom. The van der Waals surface area contributed by atoms with Crippen molar-refractivity contribution < 1.29 is 22.7 Å². The first-order valence-corrected chi connectivity index (χ1v) is 12.0. The predicted molar refractivity (Wildman–Crippen MR) is 143 cm³/mol. The fourth-order valence-corrected chi connectivity index (χ4v) is 3.76. The molecule has 2 nitrogen and oxygen atoms in total. The summed E-state index contributed by atoms with van der Waals surface area (Å²) in [7, 11) is 0. The SMILES string of the molecule is C/C=C(\C=C/C(O)=C/CCC)C(=C(/CC(F)(F)F)c1ccccc1)/c1ccc(N)c(/C(F)=C/CC)c1. The molecule has 6 heteroatoms. The number of allylic oxidation sites excluding steroid dienone is 8. The number of hydrogen-bond acceptors (Lipinski definition) is 2. The van der Waals surface area contributed by atoms with E-state index in [1.807, 2.05) is 6.92 Å². The molecule has 0 aromatic heterocycles. The Kier molecular flexibility index (Phi) is 10.8. The van der Waals surface area contributed by atoms with E-state index in [2.05, 4.69) is 0 Å². The van der Waals surface area contributed by atoms with Gasteiger partial charge in [-0.1, -0.05) is 68.8 Å². The van der Waals surface area contributed by atoms with Crippen LogP contribution in [0.2, 0.25) is 0 Å². The van der Waals surface area contributed by atoms with Crippen molar-refractivity contribution in [2.24, 2.45) is 0 Å². The highest BCUT2D eigenvalue weighted by Crippen LogP contribution is 2.41. The maximum Gasteiger partial charge on any atom is 0.393 e. The minimum atomic E-state index is -4.49. The molecule has 0 radical (unpaired) electrons. The Bertz CT molecular complexity index is 1170. The van der Waals surface area contributed by atoms with Gasteiger partial charge in [0.05, 0.1) is 6.42 Å². The molecule has 0 aliphatic heterocycles. The monoisotopic (exact) mass is 499 g/mol. The average molecular weight is 500 g/mol. The zero-order chi connectivity index (χ0) is 26.7. The number of unbranched alkanes of at least 4 members (excludes halogenated alkanes) is 1. The van der Waals surface area contributed by atoms with Crippen LogP contribution in [0.3, 0.4) is 0 Å². The number of nitrogens with two attached hydrogens (primary N) is 1. The van der Waals surface area contributed by atoms with E-state index in [0.29, 0.717) is 29.5 Å². The number of alkyl halides is 3. The third-order valence-electron chi connectivity index (χ3n) is 5.46. The van der Waals surface area contributed by atoms with Crippen LogP contribution in [-0.4, -0.2) is 11.3 Å². The van der Waals surface area contributed by atoms with Crippen LogP contribution in [0.15, 0.2) is 90.2 Å². The molecule has 0 fully saturated rings. The lowest BCUT2D eigenvalue weighted by Gasteiger charge is -2.20. The van der Waals surface area contributed by atoms with Gasteiger partial charge in [0.25, 0.3) is 0 Å². The fraction of sp³-hybridized carbons (Fsp3) is 0.267. The van der Waals surface area contributed by atoms with Crippen molar-refractivity contribution in [3.63, 3.8) is 0 Å². The molecule has 0 unspecified atom stereocenters. The second-order valence-corrected chi connectivity index (χ2v) is 8.27. The van der Waals surface area contributed by atoms with E-state index in [0.717, 1.165) is 6.42 Å². The second-order valence-electron chi connectivity index (χ2n) is 8.27. The molecule has 0 heterocycles. The number of hydrogen-bond donors (Lipinski definition) is 2. The molecule has 192 valence electrons. The molecular formula is C30H33F4NO. The zero-order valence-corrected chi connectivity index (χ0v) is 20.9. The number of anilines is 1. The van der Waals surface area contributed by atoms with Crippen LogP contribution in [0, 0.1) is 0 Å². The Balaban J connectivity index is 2.90. The highest BCUT2D eigenvalue weighted by Gasteiger charge is 2.31. The molecule has 0 amide bonds. The van der Waals surface area contributed by atoms with Crippen LogP contribution < -0.4 is 5.73 Å². The third-order valence-corrected chi connectivity index (χ3v) is 5.46. The van der Waals surface area contributed by atoms with E-state index in [4.69, 9.17) is 5.73 Å². The standard InChI is InChI=1S/C30H33F4NO/c1-4-7-14-24(36)17-15-21(6-3)29(23-16-18-28(35)25(19-23)27(31)11-5-2)26(20-30(32,33)34)22-12-9-8-10-13-22/h6,8-19,36H,4-5,7,20,35H2,1-3H3/b17-15-,21-6+,24-14-,27-11-,29-26+. The summed E-state index contributed by atoms with van der Waals surface area (Å²) in [4.78, 5) is 0. The topological polar surface area (TPSA) is 46.2 Å². The first kappa shape index (κ1) is 28.7. The van der Waals surface area contributed by atoms with Gasteiger partial charge in [-0.05, 0) is 78.0 Å². The molecule has 36 heavy (non-hydrogen) atoms. The van der Waals surface area contributed by atoms with E-state index in [-0.39, 0.29) is 28.2 Å². The highest BCUT2D eigenvalue weighted by molar-refractivity contribution is 6.00. The third kappa shape index (κ3) is 8.29. The first-order chi connectivity index (χ1) is 17.1. The van der Waals surface area contributed by atoms with Gasteiger partial charge in [0, 0.05) is 11.3 Å². The molecule has 3 N–H and O–H groups in total. The molecule has 0 bridgehead atoms. The van der Waals surface area contributed by atoms with Gasteiger partial charge in [-0.3, -0.25) is 0 Å². The maximum atomic E-state index is 14.8. The molecule has 0 aliphatic carbocycles. The highest BCUT2D eigenvalue weighted by atomic mass is 19.4. The lowest BCUT2D eigenvalue weighted by molar-refractivity contribution is -0.122. The van der Waals surface area contributed by atoms with Crippen LogP contribution in [0.25, 0.3) is 17.0 Å². The summed E-state index contributed by atoms with van der Waals surface area (Å²) in [5.41, 5.74) is 7.88. The van der Waals surface area contributed by atoms with Crippen LogP contribution >= 0.6 is 0 Å². The minimum Gasteiger partial charge on any atom is -0.508 e. The van der Waals surface area contributed by atoms with E-state index in [1.54, 1.807) is 68.5 Å². The number of benzene rings is 2. The number of nitrogen functional groups attached to an aromatic ring is 1. The average Bonchev–Trinajstić information content (AvgIpc) is 2.84. The van der Waals surface area contributed by atoms with Crippen LogP contribution in [0.1, 0.15) is 63.1 Å². The molecule has 2 aromatic carbocycles. The summed E-state index contributed by atoms with van der Waals surface area (Å²) in [6.07, 6.45) is 3.98. The Hall–Kier alpha value is -3.54. The fourth-order valence-electron chi connectivity index (χ4n) is 3.76. The van der Waals surface area contributed by atoms with Crippen molar-refractivity contribution in [3.05, 3.63) is 107 Å². The summed E-state index contributed by atoms with van der Waals surface area (Å²) in [6.45, 7) is 5.46. The molecule has 2 rings (SSSR count). The lowest BCUT2D eigenvalue weighted by Crippen LogP contribution is -2.10. The molecular weight excluding hydrogens is 466 g/mol. The van der Waals surface area contributed by atoms with Crippen molar-refractivity contribution in [1.29, 1.82) is 0 Å². The predicted octanol–water partition coefficient (Wildman–Crippen LogP) is 9.60. The molecule has 0 saturated heterocycles. The summed E-state index contributed by atoms with van der Waals surface area (Å²) in [5, 5.41) is 10.2. The van der Waals surface area contributed by atoms with E-state index in [1.165, 1.54) is 24.3 Å². The Morgan fingerprint density at radius 3 is 2.25 bits per heavy atom. The summed E-state index contributed by atoms with van der Waals surface area (Å²) >= 11 is 0. The maximum absolute atomic E-state index is 14.8. The molecule has 0 aliphatic rings. The van der Waals surface area contributed by atoms with Crippen molar-refractivity contribution >= 4 is 22.7 Å². The zero-order valence-electron chi connectivity index (χ0n) is 20.9. The van der Waals surface area contributed by atoms with Crippen LogP contribution in [0.5, 0.6) is 0 Å². The first-order valence-electron chi connectivity index (χ1n) is 12.0. The summed E-state index contributed by atoms with van der Waals surface area (Å²) in [6, 6.07) is 12.9. The van der Waals surface area contributed by atoms with Crippen molar-refractivity contribution in [1.82, 2.24) is 0 Å². The molecule has 0 atom stereocenters. The molecule has 2 aromatic rings. The number of halogens is 4. The second kappa shape index (κ2) is 13.5. The van der Waals surface area contributed by atoms with Gasteiger partial charge in [0.15, 0.2) is 0 Å². The van der Waals surface area contributed by atoms with Gasteiger partial charge < -0.3 is 10.8 Å². The van der Waals surface area contributed by atoms with Gasteiger partial charge in [-0.2, -0.15) is 13.2 Å². The normalized spacial score (nSPS) is 14.4. The van der Waals surface area contributed by atoms with Crippen LogP contribution in [0.4, 0.5) is 23.2 Å². The Morgan fingerprint density at radius 2 is 1.67 bits per heavy atom. The summed E-state index contributed by atoms with van der Waals surface area (Å²) < 4.78 is 56.4. The van der Waals surface area contributed by atoms with E-state index < -0.39 is 18.4 Å². The largest absolute Gasteiger partial charge is 0.508 e. The van der Waals surface area contributed by atoms with Gasteiger partial charge in [-0.15, -0.1) is 0 Å².